The molecule has 2 fully saturated rings. The molecule has 2 amide bonds. The summed E-state index contributed by atoms with van der Waals surface area (Å²) in [7, 11) is 0. The summed E-state index contributed by atoms with van der Waals surface area (Å²) in [5.74, 6) is -2.68. The van der Waals surface area contributed by atoms with Crippen LogP contribution in [-0.4, -0.2) is 45.5 Å². The quantitative estimate of drug-likeness (QED) is 0.352. The standard InChI is InChI=1S/C21H22N2O5S.Na/c1-4-28-13-10-9-11-7-5-6-8-12(11)15(13)22-17(24)14-18(25)23-16(20(26)27)21(2,3)29-19(14)23;/h5-10,14,16,19H,4H2,1-3H3,(H,22,24)(H,26,27);/q;+1/p-1/t14-,16?,19-;/m1./s1. The Morgan fingerprint density at radius 3 is 2.60 bits per heavy atom. The van der Waals surface area contributed by atoms with Gasteiger partial charge < -0.3 is 24.9 Å². The smallest absolute Gasteiger partial charge is 0.548 e. The topological polar surface area (TPSA) is 98.8 Å². The first-order chi connectivity index (χ1) is 13.8. The van der Waals surface area contributed by atoms with Crippen molar-refractivity contribution in [2.45, 2.75) is 36.9 Å². The molecule has 3 atom stereocenters. The van der Waals surface area contributed by atoms with Crippen LogP contribution in [0.25, 0.3) is 10.8 Å². The van der Waals surface area contributed by atoms with Gasteiger partial charge >= 0.3 is 29.6 Å². The molecule has 0 saturated carbocycles. The molecule has 0 radical (unpaired) electrons. The fraction of sp³-hybridized carbons (Fsp3) is 0.381. The van der Waals surface area contributed by atoms with E-state index in [1.54, 1.807) is 19.9 Å². The number of carboxylic acid groups (broad SMARTS) is 1. The van der Waals surface area contributed by atoms with Crippen LogP contribution in [0.5, 0.6) is 5.75 Å². The van der Waals surface area contributed by atoms with E-state index in [1.165, 1.54) is 16.7 Å². The zero-order valence-corrected chi connectivity index (χ0v) is 20.1. The van der Waals surface area contributed by atoms with Crippen molar-refractivity contribution < 1.29 is 53.8 Å². The average Bonchev–Trinajstić information content (AvgIpc) is 2.91. The van der Waals surface area contributed by atoms with Gasteiger partial charge in [-0.3, -0.25) is 9.59 Å². The Labute approximate surface area is 200 Å². The van der Waals surface area contributed by atoms with Crippen LogP contribution in [0, 0.1) is 5.92 Å². The third kappa shape index (κ3) is 3.60. The molecule has 0 spiro atoms. The molecule has 1 N–H and O–H groups in total. The minimum atomic E-state index is -1.30. The fourth-order valence-corrected chi connectivity index (χ4v) is 5.77. The first kappa shape index (κ1) is 22.9. The molecule has 30 heavy (non-hydrogen) atoms. The van der Waals surface area contributed by atoms with E-state index < -0.39 is 39.9 Å². The number of thioether (sulfide) groups is 1. The van der Waals surface area contributed by atoms with Crippen molar-refractivity contribution in [1.82, 2.24) is 4.90 Å². The summed E-state index contributed by atoms with van der Waals surface area (Å²) in [6.45, 7) is 5.77. The summed E-state index contributed by atoms with van der Waals surface area (Å²) in [4.78, 5) is 38.5. The number of amides is 2. The summed E-state index contributed by atoms with van der Waals surface area (Å²) in [5, 5.41) is 15.6. The molecular weight excluding hydrogens is 415 g/mol. The molecule has 0 aliphatic carbocycles. The number of aliphatic carboxylic acids is 1. The second-order valence-electron chi connectivity index (χ2n) is 7.64. The van der Waals surface area contributed by atoms with E-state index in [-0.39, 0.29) is 29.6 Å². The minimum Gasteiger partial charge on any atom is -0.548 e. The van der Waals surface area contributed by atoms with Crippen molar-refractivity contribution >= 4 is 46.0 Å². The zero-order chi connectivity index (χ0) is 20.9. The van der Waals surface area contributed by atoms with Crippen molar-refractivity contribution in [1.29, 1.82) is 0 Å². The molecule has 1 unspecified atom stereocenters. The van der Waals surface area contributed by atoms with Gasteiger partial charge in [-0.2, -0.15) is 0 Å². The monoisotopic (exact) mass is 436 g/mol. The number of carbonyl (C=O) groups excluding carboxylic acids is 3. The number of nitrogens with zero attached hydrogens (tertiary/aromatic N) is 1. The van der Waals surface area contributed by atoms with Gasteiger partial charge in [-0.15, -0.1) is 11.8 Å². The van der Waals surface area contributed by atoms with Gasteiger partial charge in [-0.1, -0.05) is 30.3 Å². The molecule has 152 valence electrons. The maximum atomic E-state index is 13.0. The van der Waals surface area contributed by atoms with Crippen molar-refractivity contribution in [2.24, 2.45) is 5.92 Å². The van der Waals surface area contributed by atoms with Crippen LogP contribution < -0.4 is 44.7 Å². The Hall–Kier alpha value is -1.74. The minimum absolute atomic E-state index is 0. The molecule has 4 rings (SSSR count). The van der Waals surface area contributed by atoms with Crippen LogP contribution >= 0.6 is 11.8 Å². The van der Waals surface area contributed by atoms with Gasteiger partial charge in [0.2, 0.25) is 11.8 Å². The Balaban J connectivity index is 0.00000256. The van der Waals surface area contributed by atoms with Crippen LogP contribution in [0.2, 0.25) is 0 Å². The number of carbonyl (C=O) groups is 3. The number of rotatable bonds is 5. The van der Waals surface area contributed by atoms with Crippen molar-refractivity contribution in [3.05, 3.63) is 36.4 Å². The molecule has 2 saturated heterocycles. The molecule has 2 heterocycles. The number of anilines is 1. The fourth-order valence-electron chi connectivity index (χ4n) is 4.09. The van der Waals surface area contributed by atoms with E-state index in [1.807, 2.05) is 37.3 Å². The van der Waals surface area contributed by atoms with E-state index >= 15 is 0 Å². The number of β-lactam (4-membered cyclic amide) rings is 1. The number of fused-ring (bicyclic) bond motifs is 2. The molecule has 0 aromatic heterocycles. The molecule has 0 bridgehead atoms. The number of benzene rings is 2. The van der Waals surface area contributed by atoms with E-state index in [9.17, 15) is 19.5 Å². The Kier molecular flexibility index (Phi) is 6.43. The Morgan fingerprint density at radius 1 is 1.23 bits per heavy atom. The zero-order valence-electron chi connectivity index (χ0n) is 17.3. The number of hydrogen-bond donors (Lipinski definition) is 1. The summed E-state index contributed by atoms with van der Waals surface area (Å²) < 4.78 is 4.94. The number of carboxylic acids is 1. The summed E-state index contributed by atoms with van der Waals surface area (Å²) in [5.41, 5.74) is 0.514. The molecule has 2 aromatic rings. The van der Waals surface area contributed by atoms with Crippen LogP contribution in [0.1, 0.15) is 20.8 Å². The van der Waals surface area contributed by atoms with Crippen LogP contribution in [-0.2, 0) is 14.4 Å². The maximum absolute atomic E-state index is 13.0. The van der Waals surface area contributed by atoms with Crippen molar-refractivity contribution in [3.8, 4) is 5.75 Å². The van der Waals surface area contributed by atoms with E-state index in [0.717, 1.165) is 10.8 Å². The largest absolute Gasteiger partial charge is 1.00 e. The summed E-state index contributed by atoms with van der Waals surface area (Å²) in [6.07, 6.45) is 0. The van der Waals surface area contributed by atoms with Gasteiger partial charge in [0.25, 0.3) is 0 Å². The summed E-state index contributed by atoms with van der Waals surface area (Å²) in [6, 6.07) is 10.2. The van der Waals surface area contributed by atoms with Gasteiger partial charge in [0.15, 0.2) is 0 Å². The SMILES string of the molecule is CCOc1ccc2ccccc2c1NC(=O)[C@@H]1C(=O)N2C(C(=O)[O-])C(C)(C)S[C@H]12.[Na+]. The van der Waals surface area contributed by atoms with Crippen LogP contribution in [0.3, 0.4) is 0 Å². The second kappa shape index (κ2) is 8.42. The molecule has 2 aromatic carbocycles. The molecular formula is C21H21N2NaO5S. The van der Waals surface area contributed by atoms with Gasteiger partial charge in [-0.25, -0.2) is 0 Å². The first-order valence-electron chi connectivity index (χ1n) is 9.42. The van der Waals surface area contributed by atoms with Crippen LogP contribution in [0.15, 0.2) is 36.4 Å². The van der Waals surface area contributed by atoms with Crippen molar-refractivity contribution in [2.75, 3.05) is 11.9 Å². The predicted molar refractivity (Wildman–Crippen MR) is 108 cm³/mol. The number of nitrogens with one attached hydrogen (secondary N) is 1. The van der Waals surface area contributed by atoms with Gasteiger partial charge in [0.05, 0.1) is 29.7 Å². The van der Waals surface area contributed by atoms with E-state index in [4.69, 9.17) is 4.74 Å². The molecule has 2 aliphatic rings. The van der Waals surface area contributed by atoms with Gasteiger partial charge in [-0.05, 0) is 32.2 Å². The maximum Gasteiger partial charge on any atom is 1.00 e. The average molecular weight is 436 g/mol. The molecule has 9 heteroatoms. The van der Waals surface area contributed by atoms with Crippen molar-refractivity contribution in [3.63, 3.8) is 0 Å². The predicted octanol–water partition coefficient (Wildman–Crippen LogP) is -1.39. The second-order valence-corrected chi connectivity index (χ2v) is 9.41. The molecule has 2 aliphatic heterocycles. The van der Waals surface area contributed by atoms with E-state index in [2.05, 4.69) is 5.32 Å². The Bertz CT molecular complexity index is 1030. The normalized spacial score (nSPS) is 23.9. The number of hydrogen-bond acceptors (Lipinski definition) is 6. The number of ether oxygens (including phenoxy) is 1. The van der Waals surface area contributed by atoms with Gasteiger partial charge in [0, 0.05) is 10.1 Å². The third-order valence-corrected chi connectivity index (χ3v) is 6.96. The first-order valence-corrected chi connectivity index (χ1v) is 10.3. The van der Waals surface area contributed by atoms with E-state index in [0.29, 0.717) is 18.0 Å². The summed E-state index contributed by atoms with van der Waals surface area (Å²) >= 11 is 1.32. The Morgan fingerprint density at radius 2 is 1.93 bits per heavy atom. The third-order valence-electron chi connectivity index (χ3n) is 5.39. The van der Waals surface area contributed by atoms with Gasteiger partial charge in [0.1, 0.15) is 11.7 Å². The van der Waals surface area contributed by atoms with Crippen LogP contribution in [0.4, 0.5) is 5.69 Å². The molecule has 7 nitrogen and oxygen atoms in total.